The largest absolute Gasteiger partial charge is 0.240 e. The maximum atomic E-state index is 12.6. The summed E-state index contributed by atoms with van der Waals surface area (Å²) in [6, 6.07) is 10.3. The Morgan fingerprint density at radius 3 is 2.24 bits per heavy atom. The molecule has 0 spiro atoms. The molecule has 1 saturated carbocycles. The smallest absolute Gasteiger partial charge is 0.237 e. The molecule has 29 heavy (non-hydrogen) atoms. The average molecular weight is 434 g/mol. The summed E-state index contributed by atoms with van der Waals surface area (Å²) in [6.45, 7) is 0.00858. The van der Waals surface area contributed by atoms with Gasteiger partial charge in [-0.3, -0.25) is 0 Å². The van der Waals surface area contributed by atoms with Crippen LogP contribution in [0.4, 0.5) is 0 Å². The lowest BCUT2D eigenvalue weighted by molar-refractivity contribution is 0.577. The molecule has 0 bridgehead atoms. The van der Waals surface area contributed by atoms with Crippen molar-refractivity contribution in [3.63, 3.8) is 0 Å². The van der Waals surface area contributed by atoms with Crippen LogP contribution in [0.1, 0.15) is 18.4 Å². The fourth-order valence-electron chi connectivity index (χ4n) is 2.71. The van der Waals surface area contributed by atoms with E-state index in [1.165, 1.54) is 24.3 Å². The van der Waals surface area contributed by atoms with E-state index in [4.69, 9.17) is 0 Å². The standard InChI is InChI=1S/C18H19N5O4S2/c24-28(25,16-6-8-17(9-7-16)29(26,27)22-15-4-5-15)21-13-14-3-1-10-19-18(14)23-12-2-11-20-23/h1-3,6-12,15,21-22H,4-5,13H2. The van der Waals surface area contributed by atoms with Crippen molar-refractivity contribution in [2.45, 2.75) is 35.2 Å². The summed E-state index contributed by atoms with van der Waals surface area (Å²) in [7, 11) is -7.47. The van der Waals surface area contributed by atoms with E-state index >= 15 is 0 Å². The highest BCUT2D eigenvalue weighted by Gasteiger charge is 2.28. The molecule has 1 aliphatic carbocycles. The molecular weight excluding hydrogens is 414 g/mol. The van der Waals surface area contributed by atoms with Crippen LogP contribution >= 0.6 is 0 Å². The number of hydrogen-bond donors (Lipinski definition) is 2. The molecule has 2 heterocycles. The van der Waals surface area contributed by atoms with Crippen LogP contribution in [-0.2, 0) is 26.6 Å². The fourth-order valence-corrected chi connectivity index (χ4v) is 5.02. The lowest BCUT2D eigenvalue weighted by Crippen LogP contribution is -2.26. The third-order valence-electron chi connectivity index (χ3n) is 4.39. The van der Waals surface area contributed by atoms with Gasteiger partial charge < -0.3 is 0 Å². The lowest BCUT2D eigenvalue weighted by Gasteiger charge is -2.11. The van der Waals surface area contributed by atoms with Crippen molar-refractivity contribution in [2.24, 2.45) is 0 Å². The van der Waals surface area contributed by atoms with Gasteiger partial charge in [-0.2, -0.15) is 5.10 Å². The van der Waals surface area contributed by atoms with Gasteiger partial charge in [-0.1, -0.05) is 6.07 Å². The van der Waals surface area contributed by atoms with Crippen LogP contribution in [0.3, 0.4) is 0 Å². The molecule has 0 aliphatic heterocycles. The minimum absolute atomic E-state index is 0.00858. The molecule has 4 rings (SSSR count). The van der Waals surface area contributed by atoms with Gasteiger partial charge in [-0.25, -0.2) is 35.9 Å². The molecular formula is C18H19N5O4S2. The number of benzene rings is 1. The number of rotatable bonds is 8. The van der Waals surface area contributed by atoms with E-state index in [2.05, 4.69) is 19.5 Å². The maximum Gasteiger partial charge on any atom is 0.240 e. The molecule has 11 heteroatoms. The highest BCUT2D eigenvalue weighted by molar-refractivity contribution is 7.90. The summed E-state index contributed by atoms with van der Waals surface area (Å²) in [4.78, 5) is 4.27. The normalized spacial score (nSPS) is 14.8. The molecule has 0 saturated heterocycles. The van der Waals surface area contributed by atoms with Gasteiger partial charge in [0.2, 0.25) is 20.0 Å². The van der Waals surface area contributed by atoms with E-state index in [1.807, 2.05) is 0 Å². The first-order valence-electron chi connectivity index (χ1n) is 8.91. The Balaban J connectivity index is 1.50. The molecule has 1 fully saturated rings. The zero-order valence-corrected chi connectivity index (χ0v) is 16.9. The Morgan fingerprint density at radius 2 is 1.62 bits per heavy atom. The summed E-state index contributed by atoms with van der Waals surface area (Å²) in [5, 5.41) is 4.12. The Labute approximate surface area is 168 Å². The number of hydrogen-bond acceptors (Lipinski definition) is 6. The van der Waals surface area contributed by atoms with Gasteiger partial charge in [0, 0.05) is 36.7 Å². The summed E-state index contributed by atoms with van der Waals surface area (Å²) in [5.74, 6) is 0.521. The van der Waals surface area contributed by atoms with E-state index < -0.39 is 20.0 Å². The van der Waals surface area contributed by atoms with Crippen LogP contribution in [0.2, 0.25) is 0 Å². The predicted molar refractivity (Wildman–Crippen MR) is 105 cm³/mol. The van der Waals surface area contributed by atoms with Crippen LogP contribution in [0.15, 0.2) is 70.8 Å². The molecule has 1 aromatic carbocycles. The van der Waals surface area contributed by atoms with Crippen LogP contribution in [-0.4, -0.2) is 37.6 Å². The summed E-state index contributed by atoms with van der Waals surface area (Å²) < 4.78 is 56.3. The topological polar surface area (TPSA) is 123 Å². The molecule has 1 aliphatic rings. The SMILES string of the molecule is O=S(=O)(NCc1cccnc1-n1cccn1)c1ccc(S(=O)(=O)NC2CC2)cc1. The Kier molecular flexibility index (Phi) is 5.21. The van der Waals surface area contributed by atoms with Crippen molar-refractivity contribution >= 4 is 20.0 Å². The minimum Gasteiger partial charge on any atom is -0.237 e. The molecule has 0 atom stereocenters. The minimum atomic E-state index is -3.84. The summed E-state index contributed by atoms with van der Waals surface area (Å²) in [6.07, 6.45) is 6.57. The lowest BCUT2D eigenvalue weighted by atomic mass is 10.2. The average Bonchev–Trinajstić information content (AvgIpc) is 3.34. The Morgan fingerprint density at radius 1 is 0.931 bits per heavy atom. The Bertz CT molecular complexity index is 1200. The molecule has 0 radical (unpaired) electrons. The second-order valence-electron chi connectivity index (χ2n) is 6.63. The first-order chi connectivity index (χ1) is 13.9. The van der Waals surface area contributed by atoms with Crippen molar-refractivity contribution in [2.75, 3.05) is 0 Å². The quantitative estimate of drug-likeness (QED) is 0.550. The van der Waals surface area contributed by atoms with Crippen molar-refractivity contribution in [3.8, 4) is 5.82 Å². The van der Waals surface area contributed by atoms with Gasteiger partial charge in [0.05, 0.1) is 9.79 Å². The molecule has 9 nitrogen and oxygen atoms in total. The third kappa shape index (κ3) is 4.53. The van der Waals surface area contributed by atoms with Crippen LogP contribution in [0.25, 0.3) is 5.82 Å². The van der Waals surface area contributed by atoms with Crippen molar-refractivity contribution in [1.29, 1.82) is 0 Å². The summed E-state index contributed by atoms with van der Waals surface area (Å²) >= 11 is 0. The van der Waals surface area contributed by atoms with Crippen molar-refractivity contribution < 1.29 is 16.8 Å². The maximum absolute atomic E-state index is 12.6. The zero-order valence-electron chi connectivity index (χ0n) is 15.3. The van der Waals surface area contributed by atoms with E-state index in [9.17, 15) is 16.8 Å². The zero-order chi connectivity index (χ0) is 20.5. The number of sulfonamides is 2. The van der Waals surface area contributed by atoms with Crippen LogP contribution < -0.4 is 9.44 Å². The van der Waals surface area contributed by atoms with Crippen molar-refractivity contribution in [3.05, 3.63) is 66.6 Å². The van der Waals surface area contributed by atoms with Crippen molar-refractivity contribution in [1.82, 2.24) is 24.2 Å². The van der Waals surface area contributed by atoms with Gasteiger partial charge in [-0.15, -0.1) is 0 Å². The van der Waals surface area contributed by atoms with Crippen LogP contribution in [0, 0.1) is 0 Å². The number of nitrogens with one attached hydrogen (secondary N) is 2. The molecule has 2 N–H and O–H groups in total. The second-order valence-corrected chi connectivity index (χ2v) is 10.1. The van der Waals surface area contributed by atoms with Gasteiger partial charge in [0.1, 0.15) is 0 Å². The molecule has 0 amide bonds. The van der Waals surface area contributed by atoms with Gasteiger partial charge >= 0.3 is 0 Å². The van der Waals surface area contributed by atoms with Gasteiger partial charge in [0.25, 0.3) is 0 Å². The molecule has 3 aromatic rings. The van der Waals surface area contributed by atoms with E-state index in [0.717, 1.165) is 12.8 Å². The van der Waals surface area contributed by atoms with E-state index in [0.29, 0.717) is 11.4 Å². The first kappa shape index (κ1) is 19.7. The molecule has 0 unspecified atom stereocenters. The van der Waals surface area contributed by atoms with E-state index in [1.54, 1.807) is 41.5 Å². The monoisotopic (exact) mass is 433 g/mol. The second kappa shape index (κ2) is 7.67. The Hall–Kier alpha value is -2.60. The number of aromatic nitrogens is 3. The number of pyridine rings is 1. The highest BCUT2D eigenvalue weighted by atomic mass is 32.2. The fraction of sp³-hybridized carbons (Fsp3) is 0.222. The highest BCUT2D eigenvalue weighted by Crippen LogP contribution is 2.23. The number of nitrogens with zero attached hydrogens (tertiary/aromatic N) is 3. The summed E-state index contributed by atoms with van der Waals surface area (Å²) in [5.41, 5.74) is 0.646. The third-order valence-corrected chi connectivity index (χ3v) is 7.34. The molecule has 2 aromatic heterocycles. The van der Waals surface area contributed by atoms with E-state index in [-0.39, 0.29) is 22.4 Å². The molecule has 152 valence electrons. The van der Waals surface area contributed by atoms with Gasteiger partial charge in [-0.05, 0) is 49.2 Å². The van der Waals surface area contributed by atoms with Gasteiger partial charge in [0.15, 0.2) is 5.82 Å². The first-order valence-corrected chi connectivity index (χ1v) is 11.9. The van der Waals surface area contributed by atoms with Crippen LogP contribution in [0.5, 0.6) is 0 Å². The predicted octanol–water partition coefficient (Wildman–Crippen LogP) is 1.19.